The van der Waals surface area contributed by atoms with Gasteiger partial charge in [-0.1, -0.05) is 6.42 Å². The van der Waals surface area contributed by atoms with Crippen LogP contribution in [0.4, 0.5) is 0 Å². The molecule has 2 unspecified atom stereocenters. The standard InChI is InChI=1S/C11H19N3O/c1-9(7-12)8-14(2)11(15)10-5-3-4-6-13-10/h9-10,13H,3-6,8H2,1-2H3. The monoisotopic (exact) mass is 209 g/mol. The van der Waals surface area contributed by atoms with E-state index in [-0.39, 0.29) is 17.9 Å². The summed E-state index contributed by atoms with van der Waals surface area (Å²) >= 11 is 0. The first-order valence-electron chi connectivity index (χ1n) is 5.53. The van der Waals surface area contributed by atoms with Crippen molar-refractivity contribution in [2.24, 2.45) is 5.92 Å². The lowest BCUT2D eigenvalue weighted by molar-refractivity contribution is -0.133. The van der Waals surface area contributed by atoms with E-state index in [1.54, 1.807) is 11.9 Å². The van der Waals surface area contributed by atoms with Gasteiger partial charge >= 0.3 is 0 Å². The topological polar surface area (TPSA) is 56.1 Å². The summed E-state index contributed by atoms with van der Waals surface area (Å²) in [6, 6.07) is 2.11. The minimum absolute atomic E-state index is 0.0327. The van der Waals surface area contributed by atoms with Gasteiger partial charge in [-0.3, -0.25) is 4.79 Å². The van der Waals surface area contributed by atoms with E-state index in [2.05, 4.69) is 11.4 Å². The highest BCUT2D eigenvalue weighted by atomic mass is 16.2. The lowest BCUT2D eigenvalue weighted by Crippen LogP contribution is -2.48. The largest absolute Gasteiger partial charge is 0.343 e. The third-order valence-electron chi connectivity index (χ3n) is 2.75. The van der Waals surface area contributed by atoms with Gasteiger partial charge in [-0.25, -0.2) is 0 Å². The minimum Gasteiger partial charge on any atom is -0.343 e. The van der Waals surface area contributed by atoms with E-state index in [0.717, 1.165) is 25.8 Å². The Morgan fingerprint density at radius 3 is 2.93 bits per heavy atom. The molecule has 4 heteroatoms. The van der Waals surface area contributed by atoms with Crippen molar-refractivity contribution in [3.63, 3.8) is 0 Å². The highest BCUT2D eigenvalue weighted by molar-refractivity contribution is 5.81. The van der Waals surface area contributed by atoms with Gasteiger partial charge < -0.3 is 10.2 Å². The van der Waals surface area contributed by atoms with Crippen LogP contribution in [0.25, 0.3) is 0 Å². The molecule has 1 amide bonds. The Morgan fingerprint density at radius 1 is 1.67 bits per heavy atom. The molecule has 1 aliphatic heterocycles. The number of likely N-dealkylation sites (N-methyl/N-ethyl adjacent to an activating group) is 1. The van der Waals surface area contributed by atoms with Gasteiger partial charge in [-0.2, -0.15) is 5.26 Å². The summed E-state index contributed by atoms with van der Waals surface area (Å²) in [4.78, 5) is 13.6. The number of hydrogen-bond acceptors (Lipinski definition) is 3. The average molecular weight is 209 g/mol. The van der Waals surface area contributed by atoms with Crippen molar-refractivity contribution in [2.45, 2.75) is 32.2 Å². The Balaban J connectivity index is 2.41. The van der Waals surface area contributed by atoms with Crippen LogP contribution >= 0.6 is 0 Å². The summed E-state index contributed by atoms with van der Waals surface area (Å²) < 4.78 is 0. The highest BCUT2D eigenvalue weighted by Crippen LogP contribution is 2.10. The zero-order valence-corrected chi connectivity index (χ0v) is 9.49. The van der Waals surface area contributed by atoms with E-state index in [4.69, 9.17) is 5.26 Å². The molecule has 15 heavy (non-hydrogen) atoms. The Bertz CT molecular complexity index is 253. The van der Waals surface area contributed by atoms with Crippen molar-refractivity contribution >= 4 is 5.91 Å². The molecule has 0 aliphatic carbocycles. The number of piperidine rings is 1. The Hall–Kier alpha value is -1.08. The van der Waals surface area contributed by atoms with Crippen LogP contribution in [0.15, 0.2) is 0 Å². The van der Waals surface area contributed by atoms with Crippen LogP contribution in [-0.2, 0) is 4.79 Å². The zero-order valence-electron chi connectivity index (χ0n) is 9.49. The third-order valence-corrected chi connectivity index (χ3v) is 2.75. The molecule has 1 saturated heterocycles. The van der Waals surface area contributed by atoms with Crippen LogP contribution in [0.5, 0.6) is 0 Å². The van der Waals surface area contributed by atoms with E-state index >= 15 is 0 Å². The second-order valence-electron chi connectivity index (χ2n) is 4.25. The second-order valence-corrected chi connectivity index (χ2v) is 4.25. The lowest BCUT2D eigenvalue weighted by Gasteiger charge is -2.27. The minimum atomic E-state index is -0.0949. The molecule has 1 N–H and O–H groups in total. The molecule has 0 radical (unpaired) electrons. The normalized spacial score (nSPS) is 22.9. The van der Waals surface area contributed by atoms with Crippen LogP contribution in [0.1, 0.15) is 26.2 Å². The smallest absolute Gasteiger partial charge is 0.239 e. The Labute approximate surface area is 91.2 Å². The number of rotatable bonds is 3. The zero-order chi connectivity index (χ0) is 11.3. The first-order chi connectivity index (χ1) is 7.15. The molecule has 4 nitrogen and oxygen atoms in total. The molecule has 84 valence electrons. The van der Waals surface area contributed by atoms with Crippen molar-refractivity contribution < 1.29 is 4.79 Å². The number of amides is 1. The molecule has 0 aromatic heterocycles. The fraction of sp³-hybridized carbons (Fsp3) is 0.818. The summed E-state index contributed by atoms with van der Waals surface area (Å²) in [6.45, 7) is 3.28. The fourth-order valence-electron chi connectivity index (χ4n) is 1.87. The van der Waals surface area contributed by atoms with Gasteiger partial charge in [0.2, 0.25) is 5.91 Å². The highest BCUT2D eigenvalue weighted by Gasteiger charge is 2.24. The van der Waals surface area contributed by atoms with E-state index in [1.807, 2.05) is 6.92 Å². The molecule has 0 spiro atoms. The van der Waals surface area contributed by atoms with Crippen LogP contribution in [-0.4, -0.2) is 37.0 Å². The van der Waals surface area contributed by atoms with Crippen LogP contribution in [0.2, 0.25) is 0 Å². The number of nitrogens with one attached hydrogen (secondary N) is 1. The van der Waals surface area contributed by atoms with Gasteiger partial charge in [0.05, 0.1) is 18.0 Å². The van der Waals surface area contributed by atoms with Gasteiger partial charge in [0.15, 0.2) is 0 Å². The number of nitrogens with zero attached hydrogens (tertiary/aromatic N) is 2. The van der Waals surface area contributed by atoms with E-state index in [9.17, 15) is 4.79 Å². The van der Waals surface area contributed by atoms with Crippen LogP contribution in [0.3, 0.4) is 0 Å². The maximum Gasteiger partial charge on any atom is 0.239 e. The van der Waals surface area contributed by atoms with Crippen molar-refractivity contribution in [2.75, 3.05) is 20.1 Å². The van der Waals surface area contributed by atoms with Crippen molar-refractivity contribution in [1.29, 1.82) is 5.26 Å². The fourth-order valence-corrected chi connectivity index (χ4v) is 1.87. The quantitative estimate of drug-likeness (QED) is 0.746. The first-order valence-corrected chi connectivity index (χ1v) is 5.53. The molecule has 1 heterocycles. The summed E-state index contributed by atoms with van der Waals surface area (Å²) in [5.41, 5.74) is 0. The summed E-state index contributed by atoms with van der Waals surface area (Å²) in [6.07, 6.45) is 3.19. The molecule has 1 fully saturated rings. The van der Waals surface area contributed by atoms with Crippen LogP contribution < -0.4 is 5.32 Å². The van der Waals surface area contributed by atoms with Crippen molar-refractivity contribution in [3.8, 4) is 6.07 Å². The predicted molar refractivity (Wildman–Crippen MR) is 58.1 cm³/mol. The van der Waals surface area contributed by atoms with Gasteiger partial charge in [0, 0.05) is 13.6 Å². The SMILES string of the molecule is CC(C#N)CN(C)C(=O)C1CCCCN1. The maximum atomic E-state index is 11.9. The van der Waals surface area contributed by atoms with E-state index in [0.29, 0.717) is 6.54 Å². The average Bonchev–Trinajstić information content (AvgIpc) is 2.29. The molecule has 0 bridgehead atoms. The molecule has 2 atom stereocenters. The number of carbonyl (C=O) groups is 1. The predicted octanol–water partition coefficient (Wildman–Crippen LogP) is 0.747. The van der Waals surface area contributed by atoms with E-state index in [1.165, 1.54) is 0 Å². The summed E-state index contributed by atoms with van der Waals surface area (Å²) in [7, 11) is 1.77. The summed E-state index contributed by atoms with van der Waals surface area (Å²) in [5.74, 6) is 0.0272. The maximum absolute atomic E-state index is 11.9. The number of hydrogen-bond donors (Lipinski definition) is 1. The van der Waals surface area contributed by atoms with Crippen molar-refractivity contribution in [3.05, 3.63) is 0 Å². The molecular formula is C11H19N3O. The number of nitriles is 1. The van der Waals surface area contributed by atoms with Gasteiger partial charge in [0.25, 0.3) is 0 Å². The Kier molecular flexibility index (Phi) is 4.57. The van der Waals surface area contributed by atoms with E-state index < -0.39 is 0 Å². The first kappa shape index (κ1) is 12.0. The van der Waals surface area contributed by atoms with Crippen molar-refractivity contribution in [1.82, 2.24) is 10.2 Å². The molecule has 0 aromatic carbocycles. The van der Waals surface area contributed by atoms with Crippen LogP contribution in [0, 0.1) is 17.2 Å². The molecule has 1 rings (SSSR count). The van der Waals surface area contributed by atoms with Gasteiger partial charge in [-0.15, -0.1) is 0 Å². The Morgan fingerprint density at radius 2 is 2.40 bits per heavy atom. The molecule has 0 saturated carbocycles. The molecular weight excluding hydrogens is 190 g/mol. The lowest BCUT2D eigenvalue weighted by atomic mass is 10.0. The third kappa shape index (κ3) is 3.52. The number of carbonyl (C=O) groups excluding carboxylic acids is 1. The molecule has 0 aromatic rings. The second kappa shape index (κ2) is 5.72. The molecule has 1 aliphatic rings. The van der Waals surface area contributed by atoms with Gasteiger partial charge in [-0.05, 0) is 26.3 Å². The van der Waals surface area contributed by atoms with Gasteiger partial charge in [0.1, 0.15) is 0 Å². The summed E-state index contributed by atoms with van der Waals surface area (Å²) in [5, 5.41) is 11.9.